The average Bonchev–Trinajstić information content (AvgIpc) is 2.57. The number of rotatable bonds is 3. The molecule has 0 aromatic carbocycles. The van der Waals surface area contributed by atoms with Crippen molar-refractivity contribution >= 4 is 23.2 Å². The molecule has 0 saturated carbocycles. The van der Waals surface area contributed by atoms with Gasteiger partial charge >= 0.3 is 0 Å². The number of likely N-dealkylation sites (tertiary alicyclic amines) is 1. The Morgan fingerprint density at radius 2 is 2.17 bits per heavy atom. The zero-order valence-electron chi connectivity index (χ0n) is 10.3. The maximum absolute atomic E-state index is 9.47. The molecule has 0 bridgehead atoms. The van der Waals surface area contributed by atoms with E-state index in [1.54, 1.807) is 12.3 Å². The van der Waals surface area contributed by atoms with Crippen molar-refractivity contribution in [3.8, 4) is 0 Å². The molecule has 1 aliphatic heterocycles. The summed E-state index contributed by atoms with van der Waals surface area (Å²) in [6.07, 6.45) is 6.38. The Kier molecular flexibility index (Phi) is 5.25. The van der Waals surface area contributed by atoms with E-state index in [1.165, 1.54) is 19.3 Å². The van der Waals surface area contributed by atoms with Crippen LogP contribution in [0.15, 0.2) is 12.3 Å². The van der Waals surface area contributed by atoms with Gasteiger partial charge in [0.2, 0.25) is 0 Å². The third-order valence-corrected chi connectivity index (χ3v) is 4.04. The normalized spacial score (nSPS) is 21.8. The highest BCUT2D eigenvalue weighted by Gasteiger charge is 2.21. The largest absolute Gasteiger partial charge is 0.395 e. The number of aliphatic hydroxyl groups excluding tert-OH is 1. The van der Waals surface area contributed by atoms with E-state index in [2.05, 4.69) is 9.88 Å². The van der Waals surface area contributed by atoms with E-state index in [9.17, 15) is 5.11 Å². The number of aliphatic hydroxyl groups is 1. The molecule has 1 N–H and O–H groups in total. The summed E-state index contributed by atoms with van der Waals surface area (Å²) in [6, 6.07) is 1.91. The van der Waals surface area contributed by atoms with Crippen molar-refractivity contribution in [3.05, 3.63) is 28.0 Å². The molecule has 1 aliphatic rings. The van der Waals surface area contributed by atoms with Crippen LogP contribution in [0.3, 0.4) is 0 Å². The first-order chi connectivity index (χ1) is 8.70. The van der Waals surface area contributed by atoms with Crippen LogP contribution in [0, 0.1) is 0 Å². The molecule has 0 radical (unpaired) electrons. The fourth-order valence-electron chi connectivity index (χ4n) is 2.42. The maximum atomic E-state index is 9.47. The summed E-state index contributed by atoms with van der Waals surface area (Å²) in [5.41, 5.74) is 0.974. The molecule has 1 atom stereocenters. The minimum atomic E-state index is 0.207. The van der Waals surface area contributed by atoms with Crippen LogP contribution in [0.4, 0.5) is 0 Å². The van der Waals surface area contributed by atoms with E-state index in [0.29, 0.717) is 10.2 Å². The number of hydrogen-bond donors (Lipinski definition) is 1. The molecule has 100 valence electrons. The van der Waals surface area contributed by atoms with E-state index < -0.39 is 0 Å². The van der Waals surface area contributed by atoms with Crippen molar-refractivity contribution < 1.29 is 5.11 Å². The fraction of sp³-hybridized carbons (Fsp3) is 0.615. The molecule has 2 rings (SSSR count). The van der Waals surface area contributed by atoms with Crippen LogP contribution in [0.5, 0.6) is 0 Å². The van der Waals surface area contributed by atoms with Gasteiger partial charge in [-0.1, -0.05) is 36.0 Å². The summed E-state index contributed by atoms with van der Waals surface area (Å²) in [5, 5.41) is 10.5. The Hall–Kier alpha value is -0.350. The Morgan fingerprint density at radius 3 is 2.89 bits per heavy atom. The molecule has 5 heteroatoms. The molecule has 1 aromatic heterocycles. The zero-order chi connectivity index (χ0) is 13.0. The number of aromatic nitrogens is 1. The van der Waals surface area contributed by atoms with Crippen LogP contribution in [0.1, 0.15) is 31.2 Å². The Labute approximate surface area is 118 Å². The average molecular weight is 289 g/mol. The van der Waals surface area contributed by atoms with Gasteiger partial charge in [0.25, 0.3) is 0 Å². The third-order valence-electron chi connectivity index (χ3n) is 3.48. The lowest BCUT2D eigenvalue weighted by atomic mass is 10.1. The summed E-state index contributed by atoms with van der Waals surface area (Å²) in [7, 11) is 0. The van der Waals surface area contributed by atoms with Crippen LogP contribution in [0.2, 0.25) is 10.2 Å². The third kappa shape index (κ3) is 3.58. The summed E-state index contributed by atoms with van der Waals surface area (Å²) >= 11 is 12.0. The van der Waals surface area contributed by atoms with Gasteiger partial charge in [-0.05, 0) is 25.5 Å². The first-order valence-electron chi connectivity index (χ1n) is 6.35. The van der Waals surface area contributed by atoms with E-state index >= 15 is 0 Å². The van der Waals surface area contributed by atoms with Crippen LogP contribution in [0.25, 0.3) is 0 Å². The highest BCUT2D eigenvalue weighted by Crippen LogP contribution is 2.23. The van der Waals surface area contributed by atoms with Gasteiger partial charge in [0, 0.05) is 29.4 Å². The zero-order valence-corrected chi connectivity index (χ0v) is 11.8. The molecule has 1 aromatic rings. The van der Waals surface area contributed by atoms with Crippen molar-refractivity contribution in [1.29, 1.82) is 0 Å². The molecule has 0 aliphatic carbocycles. The van der Waals surface area contributed by atoms with Gasteiger partial charge in [-0.2, -0.15) is 0 Å². The Bertz CT molecular complexity index is 401. The highest BCUT2D eigenvalue weighted by molar-refractivity contribution is 6.34. The summed E-state index contributed by atoms with van der Waals surface area (Å²) in [4.78, 5) is 6.37. The van der Waals surface area contributed by atoms with Gasteiger partial charge in [0.05, 0.1) is 6.61 Å². The number of hydrogen-bond acceptors (Lipinski definition) is 3. The standard InChI is InChI=1S/C13H18Cl2N2O/c14-12-6-13(15)16-7-10(12)8-17-5-3-1-2-4-11(17)9-18/h6-7,11,18H,1-5,8-9H2. The lowest BCUT2D eigenvalue weighted by molar-refractivity contribution is 0.118. The summed E-state index contributed by atoms with van der Waals surface area (Å²) in [5.74, 6) is 0. The SMILES string of the molecule is OCC1CCCCCN1Cc1cnc(Cl)cc1Cl. The van der Waals surface area contributed by atoms with Crippen LogP contribution in [-0.4, -0.2) is 34.2 Å². The molecule has 0 amide bonds. The maximum Gasteiger partial charge on any atom is 0.130 e. The predicted octanol–water partition coefficient (Wildman–Crippen LogP) is 3.13. The summed E-state index contributed by atoms with van der Waals surface area (Å²) in [6.45, 7) is 1.94. The van der Waals surface area contributed by atoms with E-state index in [1.807, 2.05) is 0 Å². The molecule has 1 unspecified atom stereocenters. The van der Waals surface area contributed by atoms with Gasteiger partial charge in [-0.25, -0.2) is 4.98 Å². The van der Waals surface area contributed by atoms with Crippen molar-refractivity contribution in [2.24, 2.45) is 0 Å². The van der Waals surface area contributed by atoms with Gasteiger partial charge in [0.15, 0.2) is 0 Å². The van der Waals surface area contributed by atoms with E-state index in [4.69, 9.17) is 23.2 Å². The van der Waals surface area contributed by atoms with E-state index in [-0.39, 0.29) is 12.6 Å². The van der Waals surface area contributed by atoms with E-state index in [0.717, 1.165) is 25.1 Å². The second-order valence-corrected chi connectivity index (χ2v) is 5.55. The number of nitrogens with zero attached hydrogens (tertiary/aromatic N) is 2. The predicted molar refractivity (Wildman–Crippen MR) is 74.0 cm³/mol. The quantitative estimate of drug-likeness (QED) is 0.869. The van der Waals surface area contributed by atoms with Crippen molar-refractivity contribution in [2.45, 2.75) is 38.3 Å². The monoisotopic (exact) mass is 288 g/mol. The Balaban J connectivity index is 2.10. The van der Waals surface area contributed by atoms with Crippen LogP contribution < -0.4 is 0 Å². The van der Waals surface area contributed by atoms with Crippen molar-refractivity contribution in [1.82, 2.24) is 9.88 Å². The molecular formula is C13H18Cl2N2O. The van der Waals surface area contributed by atoms with Crippen molar-refractivity contribution in [3.63, 3.8) is 0 Å². The van der Waals surface area contributed by atoms with Crippen molar-refractivity contribution in [2.75, 3.05) is 13.2 Å². The molecule has 1 fully saturated rings. The van der Waals surface area contributed by atoms with Gasteiger partial charge < -0.3 is 5.11 Å². The second kappa shape index (κ2) is 6.71. The smallest absolute Gasteiger partial charge is 0.130 e. The lowest BCUT2D eigenvalue weighted by Gasteiger charge is -2.28. The minimum absolute atomic E-state index is 0.207. The molecule has 18 heavy (non-hydrogen) atoms. The molecule has 3 nitrogen and oxygen atoms in total. The van der Waals surface area contributed by atoms with Gasteiger partial charge in [-0.15, -0.1) is 0 Å². The van der Waals surface area contributed by atoms with Gasteiger partial charge in [-0.3, -0.25) is 4.90 Å². The number of halogens is 2. The molecule has 1 saturated heterocycles. The molecule has 0 spiro atoms. The van der Waals surface area contributed by atoms with Crippen LogP contribution >= 0.6 is 23.2 Å². The Morgan fingerprint density at radius 1 is 1.33 bits per heavy atom. The lowest BCUT2D eigenvalue weighted by Crippen LogP contribution is -2.37. The van der Waals surface area contributed by atoms with Crippen LogP contribution in [-0.2, 0) is 6.54 Å². The van der Waals surface area contributed by atoms with Gasteiger partial charge in [0.1, 0.15) is 5.15 Å². The topological polar surface area (TPSA) is 36.4 Å². The highest BCUT2D eigenvalue weighted by atomic mass is 35.5. The summed E-state index contributed by atoms with van der Waals surface area (Å²) < 4.78 is 0. The molecule has 2 heterocycles. The molecular weight excluding hydrogens is 271 g/mol. The first kappa shape index (κ1) is 14.1. The minimum Gasteiger partial charge on any atom is -0.395 e. The number of pyridine rings is 1. The first-order valence-corrected chi connectivity index (χ1v) is 7.11. The second-order valence-electron chi connectivity index (χ2n) is 4.75. The fourth-order valence-corrected chi connectivity index (χ4v) is 2.85.